The molecule has 0 N–H and O–H groups in total. The predicted molar refractivity (Wildman–Crippen MR) is 48.4 cm³/mol. The fourth-order valence-corrected chi connectivity index (χ4v) is 1.68. The van der Waals surface area contributed by atoms with E-state index in [0.29, 0.717) is 24.0 Å². The van der Waals surface area contributed by atoms with Crippen molar-refractivity contribution in [1.29, 1.82) is 0 Å². The van der Waals surface area contributed by atoms with E-state index in [1.807, 2.05) is 0 Å². The minimum absolute atomic E-state index is 0.107. The molecule has 0 aromatic heterocycles. The van der Waals surface area contributed by atoms with Crippen LogP contribution in [0.2, 0.25) is 0 Å². The van der Waals surface area contributed by atoms with Gasteiger partial charge in [0.2, 0.25) is 5.78 Å². The summed E-state index contributed by atoms with van der Waals surface area (Å²) in [6, 6.07) is 3.29. The Labute approximate surface area is 84.9 Å². The summed E-state index contributed by atoms with van der Waals surface area (Å²) >= 11 is 0. The number of ketones is 1. The van der Waals surface area contributed by atoms with E-state index in [9.17, 15) is 18.0 Å². The molecule has 0 saturated carbocycles. The Morgan fingerprint density at radius 3 is 2.60 bits per heavy atom. The molecule has 0 atom stereocenters. The van der Waals surface area contributed by atoms with Gasteiger partial charge in [-0.15, -0.1) is 0 Å². The number of carbonyl (C=O) groups excluding carboxylic acids is 1. The Morgan fingerprint density at radius 2 is 1.93 bits per heavy atom. The van der Waals surface area contributed by atoms with Crippen LogP contribution in [0.5, 0.6) is 0 Å². The molecule has 0 spiro atoms. The minimum atomic E-state index is -4.34. The molecule has 1 aromatic carbocycles. The van der Waals surface area contributed by atoms with E-state index in [1.54, 1.807) is 6.42 Å². The molecule has 4 heteroatoms. The summed E-state index contributed by atoms with van der Waals surface area (Å²) in [5, 5.41) is 0. The zero-order valence-corrected chi connectivity index (χ0v) is 7.77. The Balaban J connectivity index is 2.46. The molecular formula is C11H8F3O+. The highest BCUT2D eigenvalue weighted by Gasteiger charge is 2.33. The first-order chi connectivity index (χ1) is 6.98. The van der Waals surface area contributed by atoms with Crippen LogP contribution >= 0.6 is 0 Å². The molecule has 15 heavy (non-hydrogen) atoms. The van der Waals surface area contributed by atoms with Crippen molar-refractivity contribution < 1.29 is 18.0 Å². The molecule has 0 radical (unpaired) electrons. The number of hydrogen-bond acceptors (Lipinski definition) is 1. The van der Waals surface area contributed by atoms with Gasteiger partial charge in [-0.05, 0) is 12.1 Å². The maximum Gasteiger partial charge on any atom is 0.416 e. The van der Waals surface area contributed by atoms with Gasteiger partial charge in [0, 0.05) is 11.1 Å². The van der Waals surface area contributed by atoms with Crippen molar-refractivity contribution in [3.05, 3.63) is 41.3 Å². The van der Waals surface area contributed by atoms with Crippen molar-refractivity contribution in [2.75, 3.05) is 0 Å². The van der Waals surface area contributed by atoms with Crippen LogP contribution in [0.3, 0.4) is 0 Å². The zero-order valence-electron chi connectivity index (χ0n) is 7.77. The smallest absolute Gasteiger partial charge is 0.289 e. The number of benzene rings is 1. The van der Waals surface area contributed by atoms with Crippen LogP contribution in [0, 0.1) is 6.42 Å². The van der Waals surface area contributed by atoms with Gasteiger partial charge < -0.3 is 0 Å². The molecule has 0 aliphatic heterocycles. The molecule has 0 heterocycles. The second-order valence-corrected chi connectivity index (χ2v) is 3.49. The average molecular weight is 213 g/mol. The van der Waals surface area contributed by atoms with E-state index in [0.717, 1.165) is 12.1 Å². The standard InChI is InChI=1S/C11H8F3O/c12-11(13,14)8-4-5-9-7(6-8)2-1-3-10(9)15/h1,4-6H,2-3H2/q+1. The van der Waals surface area contributed by atoms with Gasteiger partial charge in [-0.25, -0.2) is 0 Å². The Bertz CT molecular complexity index is 407. The third-order valence-corrected chi connectivity index (χ3v) is 2.43. The highest BCUT2D eigenvalue weighted by molar-refractivity contribution is 5.99. The lowest BCUT2D eigenvalue weighted by molar-refractivity contribution is -0.137. The van der Waals surface area contributed by atoms with Gasteiger partial charge in [0.25, 0.3) is 0 Å². The number of halogens is 3. The van der Waals surface area contributed by atoms with E-state index in [1.165, 1.54) is 6.07 Å². The van der Waals surface area contributed by atoms with Gasteiger partial charge in [-0.3, -0.25) is 4.79 Å². The van der Waals surface area contributed by atoms with Crippen molar-refractivity contribution >= 4 is 5.78 Å². The predicted octanol–water partition coefficient (Wildman–Crippen LogP) is 3.04. The zero-order chi connectivity index (χ0) is 11.1. The number of hydrogen-bond donors (Lipinski definition) is 0. The van der Waals surface area contributed by atoms with Crippen LogP contribution in [0.4, 0.5) is 13.2 Å². The molecule has 1 aromatic rings. The summed E-state index contributed by atoms with van der Waals surface area (Å²) < 4.78 is 37.1. The van der Waals surface area contributed by atoms with Crippen LogP contribution in [0.15, 0.2) is 18.2 Å². The summed E-state index contributed by atoms with van der Waals surface area (Å²) in [6.07, 6.45) is -1.89. The molecule has 0 amide bonds. The second kappa shape index (κ2) is 3.29. The topological polar surface area (TPSA) is 17.1 Å². The number of alkyl halides is 3. The number of rotatable bonds is 0. The first-order valence-electron chi connectivity index (χ1n) is 4.53. The van der Waals surface area contributed by atoms with Crippen molar-refractivity contribution in [1.82, 2.24) is 0 Å². The maximum absolute atomic E-state index is 12.4. The second-order valence-electron chi connectivity index (χ2n) is 3.49. The molecule has 2 rings (SSSR count). The molecule has 0 unspecified atom stereocenters. The van der Waals surface area contributed by atoms with E-state index >= 15 is 0 Å². The Morgan fingerprint density at radius 1 is 1.20 bits per heavy atom. The first-order valence-corrected chi connectivity index (χ1v) is 4.53. The average Bonchev–Trinajstić information content (AvgIpc) is 2.16. The summed E-state index contributed by atoms with van der Waals surface area (Å²) in [7, 11) is 0. The van der Waals surface area contributed by atoms with Crippen molar-refractivity contribution in [3.8, 4) is 0 Å². The van der Waals surface area contributed by atoms with Gasteiger partial charge in [-0.1, -0.05) is 6.07 Å². The number of carbonyl (C=O) groups is 1. The maximum atomic E-state index is 12.4. The van der Waals surface area contributed by atoms with E-state index in [4.69, 9.17) is 0 Å². The van der Waals surface area contributed by atoms with Crippen molar-refractivity contribution in [3.63, 3.8) is 0 Å². The highest BCUT2D eigenvalue weighted by Crippen LogP contribution is 2.32. The van der Waals surface area contributed by atoms with Crippen molar-refractivity contribution in [2.24, 2.45) is 0 Å². The largest absolute Gasteiger partial charge is 0.416 e. The third kappa shape index (κ3) is 1.84. The van der Waals surface area contributed by atoms with Gasteiger partial charge in [-0.2, -0.15) is 13.2 Å². The lowest BCUT2D eigenvalue weighted by Crippen LogP contribution is -2.13. The van der Waals surface area contributed by atoms with Gasteiger partial charge in [0.15, 0.2) is 6.42 Å². The lowest BCUT2D eigenvalue weighted by Gasteiger charge is -2.12. The fraction of sp³-hybridized carbons (Fsp3) is 0.273. The van der Waals surface area contributed by atoms with Crippen LogP contribution in [-0.2, 0) is 12.6 Å². The summed E-state index contributed by atoms with van der Waals surface area (Å²) in [6.45, 7) is 0. The van der Waals surface area contributed by atoms with Crippen molar-refractivity contribution in [2.45, 2.75) is 19.0 Å². The number of Topliss-reactive ketones (excluding diaryl/α,β-unsaturated/α-hetero) is 1. The molecule has 0 fully saturated rings. The third-order valence-electron chi connectivity index (χ3n) is 2.43. The molecule has 0 bridgehead atoms. The first kappa shape index (κ1) is 10.1. The Kier molecular flexibility index (Phi) is 2.21. The van der Waals surface area contributed by atoms with Crippen LogP contribution in [-0.4, -0.2) is 5.78 Å². The highest BCUT2D eigenvalue weighted by atomic mass is 19.4. The minimum Gasteiger partial charge on any atom is -0.289 e. The SMILES string of the molecule is O=C1C[CH+]Cc2cc(C(F)(F)F)ccc21. The van der Waals surface area contributed by atoms with E-state index < -0.39 is 11.7 Å². The summed E-state index contributed by atoms with van der Waals surface area (Å²) in [5.41, 5.74) is 0.205. The van der Waals surface area contributed by atoms with Gasteiger partial charge in [0.05, 0.1) is 12.0 Å². The molecule has 1 nitrogen and oxygen atoms in total. The quantitative estimate of drug-likeness (QED) is 0.605. The van der Waals surface area contributed by atoms with E-state index in [-0.39, 0.29) is 5.78 Å². The molecular weight excluding hydrogens is 205 g/mol. The molecule has 1 aliphatic carbocycles. The normalized spacial score (nSPS) is 15.8. The van der Waals surface area contributed by atoms with Gasteiger partial charge >= 0.3 is 6.18 Å². The monoisotopic (exact) mass is 213 g/mol. The van der Waals surface area contributed by atoms with Crippen LogP contribution < -0.4 is 0 Å². The summed E-state index contributed by atoms with van der Waals surface area (Å²) in [4.78, 5) is 11.3. The molecule has 1 aliphatic rings. The van der Waals surface area contributed by atoms with Crippen LogP contribution in [0.25, 0.3) is 0 Å². The van der Waals surface area contributed by atoms with Crippen LogP contribution in [0.1, 0.15) is 27.9 Å². The fourth-order valence-electron chi connectivity index (χ4n) is 1.68. The van der Waals surface area contributed by atoms with E-state index in [2.05, 4.69) is 0 Å². The number of fused-ring (bicyclic) bond motifs is 1. The lowest BCUT2D eigenvalue weighted by atomic mass is 9.89. The molecule has 0 saturated heterocycles. The Hall–Kier alpha value is -1.45. The van der Waals surface area contributed by atoms with Gasteiger partial charge in [0.1, 0.15) is 6.42 Å². The molecule has 78 valence electrons. The summed E-state index contributed by atoms with van der Waals surface area (Å²) in [5.74, 6) is -0.107.